The van der Waals surface area contributed by atoms with E-state index in [9.17, 15) is 0 Å². The Labute approximate surface area is 325 Å². The molecule has 2 unspecified atom stereocenters. The number of aliphatic imine (C=N–C) groups is 2. The first-order valence-corrected chi connectivity index (χ1v) is 18.0. The van der Waals surface area contributed by atoms with E-state index in [2.05, 4.69) is 41.4 Å². The second-order valence-electron chi connectivity index (χ2n) is 13.1. The summed E-state index contributed by atoms with van der Waals surface area (Å²) < 4.78 is 27.1. The lowest BCUT2D eigenvalue weighted by atomic mass is 9.83. The number of ether oxygens (including phenoxy) is 5. The molecular weight excluding hydrogens is 712 g/mol. The molecule has 0 aromatic heterocycles. The number of hydrogen-bond acceptors (Lipinski definition) is 9. The second-order valence-corrected chi connectivity index (χ2v) is 13.5. The van der Waals surface area contributed by atoms with Crippen LogP contribution in [0.25, 0.3) is 22.3 Å². The van der Waals surface area contributed by atoms with Gasteiger partial charge in [-0.05, 0) is 105 Å². The van der Waals surface area contributed by atoms with Gasteiger partial charge in [0.2, 0.25) is 0 Å². The molecule has 2 heterocycles. The number of benzene rings is 6. The Morgan fingerprint density at radius 1 is 0.473 bits per heavy atom. The first-order valence-electron chi connectivity index (χ1n) is 17.6. The van der Waals surface area contributed by atoms with E-state index in [1.54, 1.807) is 21.3 Å². The van der Waals surface area contributed by atoms with Gasteiger partial charge in [-0.3, -0.25) is 0 Å². The van der Waals surface area contributed by atoms with Crippen molar-refractivity contribution in [1.82, 2.24) is 0 Å². The summed E-state index contributed by atoms with van der Waals surface area (Å²) in [6, 6.07) is 48.4. The zero-order chi connectivity index (χ0) is 38.4. The van der Waals surface area contributed by atoms with E-state index in [4.69, 9.17) is 51.7 Å². The number of rotatable bonds is 9. The molecule has 0 amide bonds. The van der Waals surface area contributed by atoms with E-state index < -0.39 is 11.1 Å². The van der Waals surface area contributed by atoms with E-state index >= 15 is 0 Å². The lowest BCUT2D eigenvalue weighted by molar-refractivity contribution is 0.278. The van der Waals surface area contributed by atoms with Crippen LogP contribution in [0.1, 0.15) is 22.3 Å². The fraction of sp³-hybridized carbons (Fsp3) is 0.156. The first-order chi connectivity index (χ1) is 26.7. The van der Waals surface area contributed by atoms with Gasteiger partial charge in [0, 0.05) is 5.02 Å². The number of nitrogens with two attached hydrogens (primary N) is 2. The summed E-state index contributed by atoms with van der Waals surface area (Å²) >= 11 is 6.16. The van der Waals surface area contributed by atoms with Crippen molar-refractivity contribution in [2.45, 2.75) is 11.1 Å². The minimum absolute atomic E-state index is 0.193. The van der Waals surface area contributed by atoms with Gasteiger partial charge in [-0.15, -0.1) is 0 Å². The maximum atomic E-state index is 6.16. The van der Waals surface area contributed by atoms with Crippen molar-refractivity contribution in [3.05, 3.63) is 173 Å². The predicted octanol–water partition coefficient (Wildman–Crippen LogP) is 8.56. The molecule has 0 bridgehead atoms. The number of methoxy groups -OCH3 is 3. The Morgan fingerprint density at radius 2 is 0.873 bits per heavy atom. The van der Waals surface area contributed by atoms with Gasteiger partial charge in [0.1, 0.15) is 30.5 Å². The Kier molecular flexibility index (Phi) is 10.7. The first kappa shape index (κ1) is 36.9. The molecule has 0 saturated heterocycles. The lowest BCUT2D eigenvalue weighted by Gasteiger charge is -2.26. The summed E-state index contributed by atoms with van der Waals surface area (Å²) in [5.74, 6) is 2.40. The van der Waals surface area contributed by atoms with Gasteiger partial charge in [-0.2, -0.15) is 0 Å². The predicted molar refractivity (Wildman–Crippen MR) is 218 cm³/mol. The minimum Gasteiger partial charge on any atom is -0.497 e. The summed E-state index contributed by atoms with van der Waals surface area (Å²) in [6.07, 6.45) is 0. The standard InChI is InChI=1S/C23H22N2O3.C22H19ClN2O2/c1-26-20-11-9-18(10-12-20)23(15-28-22(24)25-23)19-7-3-5-16(13-19)17-6-4-8-21(14-17)27-2;1-26-20-10-8-17(9-11-20)22(14-27-21(24)25-22)18-6-2-4-15(12-18)16-5-3-7-19(23)13-16/h3-14H,15H2,1-2H3,(H2,24,25);2-13H,14H2,1H3,(H2,24,25). The van der Waals surface area contributed by atoms with Gasteiger partial charge in [0.25, 0.3) is 12.0 Å². The number of amidine groups is 2. The SMILES string of the molecule is COc1ccc(C2(c3cccc(-c4cccc(Cl)c4)c3)COC(N)=N2)cc1.COc1ccc(C2(c3cccc(-c4cccc(OC)c4)c3)COC(N)=N2)cc1. The van der Waals surface area contributed by atoms with Gasteiger partial charge < -0.3 is 35.2 Å². The molecule has 278 valence electrons. The zero-order valence-corrected chi connectivity index (χ0v) is 31.5. The molecule has 9 nitrogen and oxygen atoms in total. The van der Waals surface area contributed by atoms with Crippen LogP contribution >= 0.6 is 11.6 Å². The second kappa shape index (κ2) is 15.9. The van der Waals surface area contributed by atoms with Crippen LogP contribution in [0.5, 0.6) is 17.2 Å². The van der Waals surface area contributed by atoms with Gasteiger partial charge in [0.15, 0.2) is 11.1 Å². The third kappa shape index (κ3) is 7.65. The van der Waals surface area contributed by atoms with E-state index in [1.165, 1.54) is 0 Å². The van der Waals surface area contributed by atoms with Gasteiger partial charge >= 0.3 is 0 Å². The van der Waals surface area contributed by atoms with Crippen molar-refractivity contribution in [3.8, 4) is 39.5 Å². The highest BCUT2D eigenvalue weighted by atomic mass is 35.5. The molecule has 2 aliphatic rings. The van der Waals surface area contributed by atoms with Crippen LogP contribution < -0.4 is 25.7 Å². The van der Waals surface area contributed by atoms with E-state index in [1.807, 2.05) is 109 Å². The fourth-order valence-corrected chi connectivity index (χ4v) is 7.09. The Bertz CT molecular complexity index is 2350. The quantitative estimate of drug-likeness (QED) is 0.152. The molecule has 6 aromatic carbocycles. The molecule has 0 radical (unpaired) electrons. The van der Waals surface area contributed by atoms with Crippen molar-refractivity contribution in [2.75, 3.05) is 34.5 Å². The Morgan fingerprint density at radius 3 is 1.27 bits per heavy atom. The maximum Gasteiger partial charge on any atom is 0.283 e. The molecule has 2 aliphatic heterocycles. The normalized spacial score (nSPS) is 18.5. The van der Waals surface area contributed by atoms with Crippen LogP contribution in [0, 0.1) is 0 Å². The number of nitrogens with zero attached hydrogens (tertiary/aromatic N) is 2. The van der Waals surface area contributed by atoms with Crippen LogP contribution in [0.3, 0.4) is 0 Å². The third-order valence-electron chi connectivity index (χ3n) is 9.84. The Balaban J connectivity index is 0.000000169. The highest BCUT2D eigenvalue weighted by Gasteiger charge is 2.41. The topological polar surface area (TPSA) is 123 Å². The van der Waals surface area contributed by atoms with Crippen LogP contribution in [-0.4, -0.2) is 46.6 Å². The van der Waals surface area contributed by atoms with Crippen LogP contribution in [0.15, 0.2) is 156 Å². The zero-order valence-electron chi connectivity index (χ0n) is 30.7. The van der Waals surface area contributed by atoms with E-state index in [0.29, 0.717) is 18.2 Å². The van der Waals surface area contributed by atoms with Crippen molar-refractivity contribution < 1.29 is 23.7 Å². The molecule has 55 heavy (non-hydrogen) atoms. The number of hydrogen-bond donors (Lipinski definition) is 2. The molecule has 8 rings (SSSR count). The van der Waals surface area contributed by atoms with Crippen LogP contribution in [0.2, 0.25) is 5.02 Å². The van der Waals surface area contributed by atoms with E-state index in [0.717, 1.165) is 61.8 Å². The van der Waals surface area contributed by atoms with Crippen molar-refractivity contribution in [3.63, 3.8) is 0 Å². The maximum absolute atomic E-state index is 6.16. The van der Waals surface area contributed by atoms with Crippen LogP contribution in [-0.2, 0) is 20.6 Å². The highest BCUT2D eigenvalue weighted by molar-refractivity contribution is 6.30. The third-order valence-corrected chi connectivity index (χ3v) is 10.1. The van der Waals surface area contributed by atoms with Gasteiger partial charge in [0.05, 0.1) is 21.3 Å². The van der Waals surface area contributed by atoms with Gasteiger partial charge in [-0.25, -0.2) is 9.98 Å². The average Bonchev–Trinajstić information content (AvgIpc) is 3.85. The molecule has 0 fully saturated rings. The molecule has 0 aliphatic carbocycles. The van der Waals surface area contributed by atoms with Crippen molar-refractivity contribution in [2.24, 2.45) is 21.5 Å². The number of halogens is 1. The van der Waals surface area contributed by atoms with Crippen LogP contribution in [0.4, 0.5) is 0 Å². The average molecular weight is 753 g/mol. The highest BCUT2D eigenvalue weighted by Crippen LogP contribution is 2.41. The summed E-state index contributed by atoms with van der Waals surface area (Å²) in [5, 5.41) is 0.703. The molecule has 4 N–H and O–H groups in total. The molecule has 10 heteroatoms. The van der Waals surface area contributed by atoms with Crippen molar-refractivity contribution >= 4 is 23.6 Å². The summed E-state index contributed by atoms with van der Waals surface area (Å²) in [7, 11) is 4.97. The van der Waals surface area contributed by atoms with E-state index in [-0.39, 0.29) is 12.0 Å². The molecular formula is C45H41ClN4O5. The van der Waals surface area contributed by atoms with Crippen molar-refractivity contribution in [1.29, 1.82) is 0 Å². The smallest absolute Gasteiger partial charge is 0.283 e. The van der Waals surface area contributed by atoms with Gasteiger partial charge in [-0.1, -0.05) is 96.5 Å². The fourth-order valence-electron chi connectivity index (χ4n) is 6.90. The molecule has 0 spiro atoms. The molecule has 6 aromatic rings. The largest absolute Gasteiger partial charge is 0.497 e. The minimum atomic E-state index is -0.690. The lowest BCUT2D eigenvalue weighted by Crippen LogP contribution is -2.27. The molecule has 0 saturated carbocycles. The summed E-state index contributed by atoms with van der Waals surface area (Å²) in [4.78, 5) is 9.36. The monoisotopic (exact) mass is 752 g/mol. The summed E-state index contributed by atoms with van der Waals surface area (Å²) in [5.41, 5.74) is 18.7. The molecule has 2 atom stereocenters. The Hall–Kier alpha value is -6.45. The summed E-state index contributed by atoms with van der Waals surface area (Å²) in [6.45, 7) is 0.705.